The number of hydrogen-bond donors (Lipinski definition) is 1. The third-order valence-electron chi connectivity index (χ3n) is 3.57. The van der Waals surface area contributed by atoms with E-state index in [1.807, 2.05) is 0 Å². The SMILES string of the molecule is CCC(C)CNC1CCC(CC)C1. The standard InChI is InChI=1S/C12H25N/c1-4-10(3)9-13-12-7-6-11(5-2)8-12/h10-13H,4-9H2,1-3H3. The quantitative estimate of drug-likeness (QED) is 0.690. The molecule has 1 rings (SSSR count). The van der Waals surface area contributed by atoms with Gasteiger partial charge in [-0.15, -0.1) is 0 Å². The summed E-state index contributed by atoms with van der Waals surface area (Å²) < 4.78 is 0. The van der Waals surface area contributed by atoms with Gasteiger partial charge in [0.1, 0.15) is 0 Å². The minimum atomic E-state index is 0.832. The molecule has 3 unspecified atom stereocenters. The Balaban J connectivity index is 2.10. The monoisotopic (exact) mass is 183 g/mol. The molecule has 1 heteroatoms. The van der Waals surface area contributed by atoms with Crippen molar-refractivity contribution in [3.05, 3.63) is 0 Å². The molecule has 0 bridgehead atoms. The van der Waals surface area contributed by atoms with Crippen molar-refractivity contribution >= 4 is 0 Å². The number of hydrogen-bond acceptors (Lipinski definition) is 1. The van der Waals surface area contributed by atoms with Gasteiger partial charge in [0.25, 0.3) is 0 Å². The van der Waals surface area contributed by atoms with Crippen molar-refractivity contribution in [3.63, 3.8) is 0 Å². The maximum absolute atomic E-state index is 3.70. The Hall–Kier alpha value is -0.0400. The normalized spacial score (nSPS) is 30.7. The Labute approximate surface area is 83.3 Å². The molecule has 1 aliphatic rings. The Morgan fingerprint density at radius 3 is 2.62 bits per heavy atom. The first-order chi connectivity index (χ1) is 6.26. The van der Waals surface area contributed by atoms with Crippen molar-refractivity contribution < 1.29 is 0 Å². The molecule has 0 heterocycles. The number of nitrogens with one attached hydrogen (secondary N) is 1. The van der Waals surface area contributed by atoms with Crippen LogP contribution in [-0.2, 0) is 0 Å². The molecular weight excluding hydrogens is 158 g/mol. The van der Waals surface area contributed by atoms with Crippen LogP contribution < -0.4 is 5.32 Å². The molecule has 0 amide bonds. The highest BCUT2D eigenvalue weighted by atomic mass is 14.9. The summed E-state index contributed by atoms with van der Waals surface area (Å²) >= 11 is 0. The minimum Gasteiger partial charge on any atom is -0.314 e. The van der Waals surface area contributed by atoms with E-state index in [0.29, 0.717) is 0 Å². The minimum absolute atomic E-state index is 0.832. The van der Waals surface area contributed by atoms with Crippen LogP contribution in [-0.4, -0.2) is 12.6 Å². The number of rotatable bonds is 5. The summed E-state index contributed by atoms with van der Waals surface area (Å²) in [4.78, 5) is 0. The average molecular weight is 183 g/mol. The predicted molar refractivity (Wildman–Crippen MR) is 58.9 cm³/mol. The lowest BCUT2D eigenvalue weighted by Gasteiger charge is -2.15. The molecular formula is C12H25N. The largest absolute Gasteiger partial charge is 0.314 e. The van der Waals surface area contributed by atoms with Crippen molar-refractivity contribution in [2.45, 2.75) is 58.9 Å². The average Bonchev–Trinajstić information content (AvgIpc) is 2.61. The first kappa shape index (κ1) is 11.0. The molecule has 78 valence electrons. The summed E-state index contributed by atoms with van der Waals surface area (Å²) in [6.45, 7) is 8.15. The first-order valence-electron chi connectivity index (χ1n) is 5.99. The molecule has 1 nitrogen and oxygen atoms in total. The van der Waals surface area contributed by atoms with E-state index >= 15 is 0 Å². The van der Waals surface area contributed by atoms with E-state index in [4.69, 9.17) is 0 Å². The van der Waals surface area contributed by atoms with Gasteiger partial charge in [0.05, 0.1) is 0 Å². The maximum Gasteiger partial charge on any atom is 0.00699 e. The molecule has 13 heavy (non-hydrogen) atoms. The smallest absolute Gasteiger partial charge is 0.00699 e. The Kier molecular flexibility index (Phi) is 4.79. The van der Waals surface area contributed by atoms with E-state index in [9.17, 15) is 0 Å². The fourth-order valence-electron chi connectivity index (χ4n) is 2.14. The molecule has 0 aromatic carbocycles. The Morgan fingerprint density at radius 2 is 2.08 bits per heavy atom. The molecule has 0 radical (unpaired) electrons. The molecule has 3 atom stereocenters. The summed E-state index contributed by atoms with van der Waals surface area (Å²) in [5, 5.41) is 3.70. The van der Waals surface area contributed by atoms with Gasteiger partial charge in [0.2, 0.25) is 0 Å². The third-order valence-corrected chi connectivity index (χ3v) is 3.57. The van der Waals surface area contributed by atoms with Gasteiger partial charge >= 0.3 is 0 Å². The lowest BCUT2D eigenvalue weighted by Crippen LogP contribution is -2.30. The molecule has 1 fully saturated rings. The molecule has 0 saturated heterocycles. The van der Waals surface area contributed by atoms with Gasteiger partial charge in [-0.25, -0.2) is 0 Å². The van der Waals surface area contributed by atoms with Gasteiger partial charge in [-0.05, 0) is 37.6 Å². The van der Waals surface area contributed by atoms with Crippen molar-refractivity contribution in [1.29, 1.82) is 0 Å². The van der Waals surface area contributed by atoms with Crippen LogP contribution >= 0.6 is 0 Å². The van der Waals surface area contributed by atoms with Gasteiger partial charge < -0.3 is 5.32 Å². The van der Waals surface area contributed by atoms with Crippen LogP contribution in [0.5, 0.6) is 0 Å². The fraction of sp³-hybridized carbons (Fsp3) is 1.00. The van der Waals surface area contributed by atoms with Gasteiger partial charge in [0, 0.05) is 6.04 Å². The summed E-state index contributed by atoms with van der Waals surface area (Å²) in [5.41, 5.74) is 0. The van der Waals surface area contributed by atoms with Crippen LogP contribution in [0.2, 0.25) is 0 Å². The summed E-state index contributed by atoms with van der Waals surface area (Å²) in [7, 11) is 0. The summed E-state index contributed by atoms with van der Waals surface area (Å²) in [6.07, 6.45) is 6.97. The zero-order valence-electron chi connectivity index (χ0n) is 9.47. The van der Waals surface area contributed by atoms with E-state index in [2.05, 4.69) is 26.1 Å². The van der Waals surface area contributed by atoms with Gasteiger partial charge in [-0.2, -0.15) is 0 Å². The zero-order chi connectivity index (χ0) is 9.68. The van der Waals surface area contributed by atoms with Crippen LogP contribution in [0.25, 0.3) is 0 Å². The second-order valence-corrected chi connectivity index (χ2v) is 4.71. The van der Waals surface area contributed by atoms with Crippen molar-refractivity contribution in [3.8, 4) is 0 Å². The molecule has 0 aliphatic heterocycles. The lowest BCUT2D eigenvalue weighted by atomic mass is 10.1. The van der Waals surface area contributed by atoms with E-state index < -0.39 is 0 Å². The van der Waals surface area contributed by atoms with Gasteiger partial charge in [-0.3, -0.25) is 0 Å². The van der Waals surface area contributed by atoms with Crippen molar-refractivity contribution in [1.82, 2.24) is 5.32 Å². The molecule has 0 aromatic heterocycles. The fourth-order valence-corrected chi connectivity index (χ4v) is 2.14. The van der Waals surface area contributed by atoms with Crippen molar-refractivity contribution in [2.75, 3.05) is 6.54 Å². The summed E-state index contributed by atoms with van der Waals surface area (Å²) in [5.74, 6) is 1.86. The van der Waals surface area contributed by atoms with Crippen molar-refractivity contribution in [2.24, 2.45) is 11.8 Å². The lowest BCUT2D eigenvalue weighted by molar-refractivity contribution is 0.426. The highest BCUT2D eigenvalue weighted by molar-refractivity contribution is 4.80. The van der Waals surface area contributed by atoms with Crippen LogP contribution in [0, 0.1) is 11.8 Å². The van der Waals surface area contributed by atoms with Crippen LogP contribution in [0.15, 0.2) is 0 Å². The molecule has 1 aliphatic carbocycles. The highest BCUT2D eigenvalue weighted by Gasteiger charge is 2.22. The maximum atomic E-state index is 3.70. The Morgan fingerprint density at radius 1 is 1.31 bits per heavy atom. The third kappa shape index (κ3) is 3.68. The van der Waals surface area contributed by atoms with Gasteiger partial charge in [0.15, 0.2) is 0 Å². The molecule has 0 spiro atoms. The Bertz CT molecular complexity index is 133. The van der Waals surface area contributed by atoms with Crippen LogP contribution in [0.4, 0.5) is 0 Å². The first-order valence-corrected chi connectivity index (χ1v) is 5.99. The van der Waals surface area contributed by atoms with Gasteiger partial charge in [-0.1, -0.05) is 33.6 Å². The molecule has 0 aromatic rings. The van der Waals surface area contributed by atoms with E-state index in [0.717, 1.165) is 17.9 Å². The van der Waals surface area contributed by atoms with E-state index in [1.165, 1.54) is 38.6 Å². The second-order valence-electron chi connectivity index (χ2n) is 4.71. The zero-order valence-corrected chi connectivity index (χ0v) is 9.47. The summed E-state index contributed by atoms with van der Waals surface area (Å²) in [6, 6.07) is 0.832. The molecule has 1 N–H and O–H groups in total. The second kappa shape index (κ2) is 5.64. The molecule has 1 saturated carbocycles. The predicted octanol–water partition coefficient (Wildman–Crippen LogP) is 3.20. The highest BCUT2D eigenvalue weighted by Crippen LogP contribution is 2.27. The topological polar surface area (TPSA) is 12.0 Å². The van der Waals surface area contributed by atoms with Crippen LogP contribution in [0.1, 0.15) is 52.9 Å². The van der Waals surface area contributed by atoms with E-state index in [1.54, 1.807) is 0 Å². The van der Waals surface area contributed by atoms with Crippen LogP contribution in [0.3, 0.4) is 0 Å². The van der Waals surface area contributed by atoms with E-state index in [-0.39, 0.29) is 0 Å².